The van der Waals surface area contributed by atoms with Crippen molar-refractivity contribution in [1.29, 1.82) is 0 Å². The summed E-state index contributed by atoms with van der Waals surface area (Å²) in [6, 6.07) is 8.56. The van der Waals surface area contributed by atoms with Gasteiger partial charge in [-0.2, -0.15) is 0 Å². The third kappa shape index (κ3) is 5.29. The van der Waals surface area contributed by atoms with Crippen LogP contribution in [0, 0.1) is 0 Å². The van der Waals surface area contributed by atoms with Crippen LogP contribution in [0.15, 0.2) is 24.3 Å². The van der Waals surface area contributed by atoms with Crippen LogP contribution >= 0.6 is 0 Å². The summed E-state index contributed by atoms with van der Waals surface area (Å²) in [5, 5.41) is 3.15. The Morgan fingerprint density at radius 3 is 2.75 bits per heavy atom. The van der Waals surface area contributed by atoms with Crippen molar-refractivity contribution in [1.82, 2.24) is 5.32 Å². The van der Waals surface area contributed by atoms with Crippen LogP contribution in [0.2, 0.25) is 0 Å². The monoisotopic (exact) mass is 221 g/mol. The van der Waals surface area contributed by atoms with Crippen molar-refractivity contribution in [3.63, 3.8) is 0 Å². The number of unbranched alkanes of at least 4 members (excludes halogenated alkanes) is 2. The van der Waals surface area contributed by atoms with Gasteiger partial charge in [-0.1, -0.05) is 44.0 Å². The number of nitrogens with one attached hydrogen (secondary N) is 1. The summed E-state index contributed by atoms with van der Waals surface area (Å²) in [6.45, 7) is 4.75. The lowest BCUT2D eigenvalue weighted by molar-refractivity contribution is 0.117. The average Bonchev–Trinajstić information content (AvgIpc) is 2.30. The van der Waals surface area contributed by atoms with Crippen LogP contribution in [-0.4, -0.2) is 13.7 Å². The molecular formula is C14H23NO. The third-order valence-corrected chi connectivity index (χ3v) is 2.53. The first-order valence-corrected chi connectivity index (χ1v) is 6.17. The van der Waals surface area contributed by atoms with E-state index in [9.17, 15) is 0 Å². The first-order valence-electron chi connectivity index (χ1n) is 6.17. The lowest BCUT2D eigenvalue weighted by atomic mass is 10.1. The second-order valence-corrected chi connectivity index (χ2v) is 4.11. The van der Waals surface area contributed by atoms with E-state index in [4.69, 9.17) is 4.74 Å². The van der Waals surface area contributed by atoms with Gasteiger partial charge in [-0.15, -0.1) is 0 Å². The zero-order valence-electron chi connectivity index (χ0n) is 10.5. The first-order chi connectivity index (χ1) is 7.86. The van der Waals surface area contributed by atoms with Crippen LogP contribution in [-0.2, 0) is 17.9 Å². The second-order valence-electron chi connectivity index (χ2n) is 4.11. The number of benzene rings is 1. The van der Waals surface area contributed by atoms with Gasteiger partial charge in [0.15, 0.2) is 0 Å². The minimum Gasteiger partial charge on any atom is -0.377 e. The summed E-state index contributed by atoms with van der Waals surface area (Å²) in [6.07, 6.45) is 3.69. The average molecular weight is 221 g/mol. The fraction of sp³-hybridized carbons (Fsp3) is 0.571. The fourth-order valence-electron chi connectivity index (χ4n) is 1.68. The predicted octanol–water partition coefficient (Wildman–Crippen LogP) is 3.11. The lowest BCUT2D eigenvalue weighted by Crippen LogP contribution is -2.05. The quantitative estimate of drug-likeness (QED) is 0.681. The van der Waals surface area contributed by atoms with Gasteiger partial charge >= 0.3 is 0 Å². The highest BCUT2D eigenvalue weighted by atomic mass is 16.5. The maximum absolute atomic E-state index is 5.63. The van der Waals surface area contributed by atoms with Gasteiger partial charge in [0.2, 0.25) is 0 Å². The van der Waals surface area contributed by atoms with E-state index in [1.165, 1.54) is 30.4 Å². The van der Waals surface area contributed by atoms with Gasteiger partial charge in [-0.05, 0) is 24.6 Å². The largest absolute Gasteiger partial charge is 0.377 e. The molecule has 1 aromatic carbocycles. The number of rotatable bonds is 8. The van der Waals surface area contributed by atoms with Crippen LogP contribution in [0.25, 0.3) is 0 Å². The molecule has 0 saturated heterocycles. The van der Waals surface area contributed by atoms with Crippen LogP contribution in [0.5, 0.6) is 0 Å². The van der Waals surface area contributed by atoms with Crippen molar-refractivity contribution in [3.05, 3.63) is 35.4 Å². The SMILES string of the molecule is CCCCCOCc1cccc(CNC)c1. The van der Waals surface area contributed by atoms with E-state index in [2.05, 4.69) is 36.5 Å². The van der Waals surface area contributed by atoms with Gasteiger partial charge in [0.1, 0.15) is 0 Å². The van der Waals surface area contributed by atoms with E-state index in [-0.39, 0.29) is 0 Å². The summed E-state index contributed by atoms with van der Waals surface area (Å²) in [7, 11) is 1.97. The molecule has 0 aliphatic heterocycles. The molecule has 1 N–H and O–H groups in total. The molecule has 0 fully saturated rings. The summed E-state index contributed by atoms with van der Waals surface area (Å²) in [5.74, 6) is 0. The highest BCUT2D eigenvalue weighted by molar-refractivity contribution is 5.22. The van der Waals surface area contributed by atoms with E-state index < -0.39 is 0 Å². The molecule has 0 saturated carbocycles. The maximum Gasteiger partial charge on any atom is 0.0716 e. The Morgan fingerprint density at radius 2 is 2.00 bits per heavy atom. The second kappa shape index (κ2) is 8.31. The molecule has 0 aromatic heterocycles. The van der Waals surface area contributed by atoms with Gasteiger partial charge in [0, 0.05) is 13.2 Å². The lowest BCUT2D eigenvalue weighted by Gasteiger charge is -2.06. The molecule has 16 heavy (non-hydrogen) atoms. The molecule has 90 valence electrons. The Kier molecular flexibility index (Phi) is 6.86. The minimum absolute atomic E-state index is 0.737. The first kappa shape index (κ1) is 13.2. The van der Waals surface area contributed by atoms with Crippen LogP contribution in [0.1, 0.15) is 37.3 Å². The molecule has 0 radical (unpaired) electrons. The number of hydrogen-bond donors (Lipinski definition) is 1. The van der Waals surface area contributed by atoms with Crippen LogP contribution in [0.4, 0.5) is 0 Å². The Bertz CT molecular complexity index is 286. The third-order valence-electron chi connectivity index (χ3n) is 2.53. The van der Waals surface area contributed by atoms with Crippen molar-refractivity contribution < 1.29 is 4.74 Å². The highest BCUT2D eigenvalue weighted by Gasteiger charge is 1.96. The molecule has 0 aliphatic carbocycles. The molecule has 0 amide bonds. The molecular weight excluding hydrogens is 198 g/mol. The van der Waals surface area contributed by atoms with Gasteiger partial charge in [-0.25, -0.2) is 0 Å². The number of hydrogen-bond acceptors (Lipinski definition) is 2. The molecule has 2 nitrogen and oxygen atoms in total. The van der Waals surface area contributed by atoms with Crippen molar-refractivity contribution in [3.8, 4) is 0 Å². The molecule has 0 spiro atoms. The molecule has 2 heteroatoms. The minimum atomic E-state index is 0.737. The summed E-state index contributed by atoms with van der Waals surface area (Å²) in [5.41, 5.74) is 2.58. The zero-order chi connectivity index (χ0) is 11.6. The van der Waals surface area contributed by atoms with Crippen molar-refractivity contribution in [2.24, 2.45) is 0 Å². The standard InChI is InChI=1S/C14H23NO/c1-3-4-5-9-16-12-14-8-6-7-13(10-14)11-15-2/h6-8,10,15H,3-5,9,11-12H2,1-2H3. The maximum atomic E-state index is 5.63. The zero-order valence-corrected chi connectivity index (χ0v) is 10.5. The normalized spacial score (nSPS) is 10.6. The molecule has 1 aromatic rings. The van der Waals surface area contributed by atoms with Crippen LogP contribution < -0.4 is 5.32 Å². The Morgan fingerprint density at radius 1 is 1.19 bits per heavy atom. The predicted molar refractivity (Wildman–Crippen MR) is 68.4 cm³/mol. The Balaban J connectivity index is 2.27. The van der Waals surface area contributed by atoms with Gasteiger partial charge < -0.3 is 10.1 Å². The topological polar surface area (TPSA) is 21.3 Å². The molecule has 0 bridgehead atoms. The van der Waals surface area contributed by atoms with Gasteiger partial charge in [-0.3, -0.25) is 0 Å². The van der Waals surface area contributed by atoms with Gasteiger partial charge in [0.05, 0.1) is 6.61 Å². The number of ether oxygens (including phenoxy) is 1. The van der Waals surface area contributed by atoms with E-state index in [1.54, 1.807) is 0 Å². The summed E-state index contributed by atoms with van der Waals surface area (Å²) in [4.78, 5) is 0. The fourth-order valence-corrected chi connectivity index (χ4v) is 1.68. The van der Waals surface area contributed by atoms with E-state index >= 15 is 0 Å². The highest BCUT2D eigenvalue weighted by Crippen LogP contribution is 2.07. The summed E-state index contributed by atoms with van der Waals surface area (Å²) >= 11 is 0. The van der Waals surface area contributed by atoms with E-state index in [1.807, 2.05) is 7.05 Å². The molecule has 0 unspecified atom stereocenters. The van der Waals surface area contributed by atoms with Crippen molar-refractivity contribution in [2.45, 2.75) is 39.3 Å². The Hall–Kier alpha value is -0.860. The Labute approximate surface area is 99.0 Å². The van der Waals surface area contributed by atoms with Crippen LogP contribution in [0.3, 0.4) is 0 Å². The van der Waals surface area contributed by atoms with Gasteiger partial charge in [0.25, 0.3) is 0 Å². The summed E-state index contributed by atoms with van der Waals surface area (Å²) < 4.78 is 5.63. The molecule has 0 aliphatic rings. The van der Waals surface area contributed by atoms with E-state index in [0.717, 1.165) is 19.8 Å². The van der Waals surface area contributed by atoms with E-state index in [0.29, 0.717) is 0 Å². The van der Waals surface area contributed by atoms with Crippen molar-refractivity contribution in [2.75, 3.05) is 13.7 Å². The molecule has 0 heterocycles. The molecule has 1 rings (SSSR count). The van der Waals surface area contributed by atoms with Crippen molar-refractivity contribution >= 4 is 0 Å². The smallest absolute Gasteiger partial charge is 0.0716 e. The molecule has 0 atom stereocenters.